The lowest BCUT2D eigenvalue weighted by Crippen LogP contribution is -1.97. The number of nitrogens with one attached hydrogen (secondary N) is 1. The van der Waals surface area contributed by atoms with Crippen LogP contribution in [0.1, 0.15) is 5.69 Å². The van der Waals surface area contributed by atoms with E-state index in [2.05, 4.69) is 15.0 Å². The number of hydrogen-bond donors (Lipinski definition) is 2. The van der Waals surface area contributed by atoms with E-state index in [-0.39, 0.29) is 0 Å². The molecule has 13 heavy (non-hydrogen) atoms. The van der Waals surface area contributed by atoms with Crippen molar-refractivity contribution >= 4 is 5.69 Å². The molecule has 2 aromatic rings. The van der Waals surface area contributed by atoms with Gasteiger partial charge in [0.1, 0.15) is 6.33 Å². The molecule has 2 rings (SSSR count). The van der Waals surface area contributed by atoms with Crippen molar-refractivity contribution in [1.82, 2.24) is 15.0 Å². The van der Waals surface area contributed by atoms with Crippen LogP contribution in [0.15, 0.2) is 24.8 Å². The van der Waals surface area contributed by atoms with E-state index in [4.69, 9.17) is 5.73 Å². The molecule has 0 fully saturated rings. The first-order chi connectivity index (χ1) is 6.29. The summed E-state index contributed by atoms with van der Waals surface area (Å²) < 4.78 is 0. The van der Waals surface area contributed by atoms with E-state index in [1.807, 2.05) is 25.4 Å². The molecule has 0 amide bonds. The van der Waals surface area contributed by atoms with Crippen molar-refractivity contribution in [1.29, 1.82) is 0 Å². The number of aryl methyl sites for hydroxylation is 1. The highest BCUT2D eigenvalue weighted by atomic mass is 14.9. The Bertz CT molecular complexity index is 406. The van der Waals surface area contributed by atoms with E-state index >= 15 is 0 Å². The van der Waals surface area contributed by atoms with Gasteiger partial charge in [0.15, 0.2) is 0 Å². The third-order valence-corrected chi connectivity index (χ3v) is 1.95. The average Bonchev–Trinajstić information content (AvgIpc) is 2.62. The Kier molecular flexibility index (Phi) is 1.73. The van der Waals surface area contributed by atoms with E-state index in [1.54, 1.807) is 0 Å². The second kappa shape index (κ2) is 2.90. The summed E-state index contributed by atoms with van der Waals surface area (Å²) in [6.07, 6.45) is 5.22. The van der Waals surface area contributed by atoms with Crippen LogP contribution in [0, 0.1) is 6.92 Å². The first-order valence-corrected chi connectivity index (χ1v) is 3.99. The van der Waals surface area contributed by atoms with Gasteiger partial charge in [-0.05, 0) is 13.0 Å². The molecule has 0 aliphatic rings. The van der Waals surface area contributed by atoms with Crippen LogP contribution >= 0.6 is 0 Å². The fourth-order valence-electron chi connectivity index (χ4n) is 1.18. The molecule has 3 N–H and O–H groups in total. The monoisotopic (exact) mass is 174 g/mol. The number of nitrogens with two attached hydrogens (primary N) is 1. The highest BCUT2D eigenvalue weighted by Gasteiger charge is 2.06. The van der Waals surface area contributed by atoms with Gasteiger partial charge in [0.25, 0.3) is 0 Å². The van der Waals surface area contributed by atoms with Gasteiger partial charge in [0.05, 0.1) is 17.1 Å². The number of hydrogen-bond acceptors (Lipinski definition) is 3. The van der Waals surface area contributed by atoms with E-state index in [9.17, 15) is 0 Å². The lowest BCUT2D eigenvalue weighted by molar-refractivity contribution is 1.11. The van der Waals surface area contributed by atoms with Crippen LogP contribution in [-0.2, 0) is 0 Å². The van der Waals surface area contributed by atoms with E-state index < -0.39 is 0 Å². The zero-order valence-electron chi connectivity index (χ0n) is 7.28. The molecule has 2 heterocycles. The zero-order valence-corrected chi connectivity index (χ0v) is 7.28. The number of nitrogens with zero attached hydrogens (tertiary/aromatic N) is 2. The fraction of sp³-hybridized carbons (Fsp3) is 0.111. The maximum absolute atomic E-state index is 5.83. The summed E-state index contributed by atoms with van der Waals surface area (Å²) in [6.45, 7) is 1.87. The third-order valence-electron chi connectivity index (χ3n) is 1.95. The van der Waals surface area contributed by atoms with E-state index in [0.29, 0.717) is 5.69 Å². The Balaban J connectivity index is 2.59. The molecule has 0 atom stereocenters. The van der Waals surface area contributed by atoms with Crippen LogP contribution in [0.2, 0.25) is 0 Å². The minimum atomic E-state index is 0.641. The fourth-order valence-corrected chi connectivity index (χ4v) is 1.18. The molecular weight excluding hydrogens is 164 g/mol. The number of aromatic amines is 1. The topological polar surface area (TPSA) is 67.6 Å². The normalized spacial score (nSPS) is 10.2. The number of rotatable bonds is 1. The molecule has 0 saturated heterocycles. The highest BCUT2D eigenvalue weighted by Crippen LogP contribution is 2.23. The summed E-state index contributed by atoms with van der Waals surface area (Å²) in [5, 5.41) is 0. The van der Waals surface area contributed by atoms with Crippen LogP contribution in [0.5, 0.6) is 0 Å². The van der Waals surface area contributed by atoms with Crippen molar-refractivity contribution in [2.24, 2.45) is 0 Å². The predicted molar refractivity (Wildman–Crippen MR) is 51.0 cm³/mol. The second-order valence-corrected chi connectivity index (χ2v) is 2.82. The maximum atomic E-state index is 5.83. The molecule has 4 nitrogen and oxygen atoms in total. The number of aromatic nitrogens is 3. The lowest BCUT2D eigenvalue weighted by atomic mass is 10.2. The molecule has 0 aliphatic carbocycles. The number of H-pyrrole nitrogens is 1. The smallest absolute Gasteiger partial charge is 0.116 e. The molecule has 0 aromatic carbocycles. The second-order valence-electron chi connectivity index (χ2n) is 2.82. The third kappa shape index (κ3) is 1.26. The summed E-state index contributed by atoms with van der Waals surface area (Å²) in [7, 11) is 0. The van der Waals surface area contributed by atoms with Gasteiger partial charge in [-0.1, -0.05) is 0 Å². The maximum Gasteiger partial charge on any atom is 0.116 e. The van der Waals surface area contributed by atoms with Crippen LogP contribution in [0.3, 0.4) is 0 Å². The molecule has 0 aliphatic heterocycles. The van der Waals surface area contributed by atoms with Gasteiger partial charge >= 0.3 is 0 Å². The van der Waals surface area contributed by atoms with Crippen molar-refractivity contribution in [2.45, 2.75) is 6.92 Å². The van der Waals surface area contributed by atoms with Crippen LogP contribution in [0.4, 0.5) is 5.69 Å². The standard InChI is InChI=1S/C9H10N4/c1-6-8(10)9(13-5-12-6)7-2-3-11-4-7/h2-5,11H,10H2,1H3. The molecular formula is C9H10N4. The zero-order chi connectivity index (χ0) is 9.26. The van der Waals surface area contributed by atoms with Crippen molar-refractivity contribution in [2.75, 3.05) is 5.73 Å². The van der Waals surface area contributed by atoms with Crippen LogP contribution in [0.25, 0.3) is 11.3 Å². The Morgan fingerprint density at radius 3 is 2.92 bits per heavy atom. The first-order valence-electron chi connectivity index (χ1n) is 3.99. The van der Waals surface area contributed by atoms with Gasteiger partial charge in [-0.15, -0.1) is 0 Å². The van der Waals surface area contributed by atoms with Crippen LogP contribution < -0.4 is 5.73 Å². The lowest BCUT2D eigenvalue weighted by Gasteiger charge is -2.03. The Labute approximate surface area is 75.8 Å². The van der Waals surface area contributed by atoms with Gasteiger partial charge in [-0.3, -0.25) is 0 Å². The molecule has 0 unspecified atom stereocenters. The largest absolute Gasteiger partial charge is 0.395 e. The average molecular weight is 174 g/mol. The van der Waals surface area contributed by atoms with Crippen molar-refractivity contribution in [3.05, 3.63) is 30.5 Å². The SMILES string of the molecule is Cc1ncnc(-c2cc[nH]c2)c1N. The molecule has 2 aromatic heterocycles. The molecule has 0 bridgehead atoms. The molecule has 0 saturated carbocycles. The van der Waals surface area contributed by atoms with E-state index in [0.717, 1.165) is 17.0 Å². The predicted octanol–water partition coefficient (Wildman–Crippen LogP) is 1.36. The molecule has 0 radical (unpaired) electrons. The van der Waals surface area contributed by atoms with Crippen molar-refractivity contribution in [3.63, 3.8) is 0 Å². The summed E-state index contributed by atoms with van der Waals surface area (Å²) in [6, 6.07) is 1.93. The number of nitrogen functional groups attached to an aromatic ring is 1. The van der Waals surface area contributed by atoms with Crippen molar-refractivity contribution < 1.29 is 0 Å². The van der Waals surface area contributed by atoms with Gasteiger partial charge in [-0.2, -0.15) is 0 Å². The molecule has 0 spiro atoms. The quantitative estimate of drug-likeness (QED) is 0.686. The summed E-state index contributed by atoms with van der Waals surface area (Å²) >= 11 is 0. The Morgan fingerprint density at radius 1 is 1.38 bits per heavy atom. The Hall–Kier alpha value is -1.84. The van der Waals surface area contributed by atoms with Gasteiger partial charge in [0, 0.05) is 18.0 Å². The van der Waals surface area contributed by atoms with E-state index in [1.165, 1.54) is 6.33 Å². The van der Waals surface area contributed by atoms with Gasteiger partial charge in [0.2, 0.25) is 0 Å². The minimum absolute atomic E-state index is 0.641. The van der Waals surface area contributed by atoms with Gasteiger partial charge in [-0.25, -0.2) is 9.97 Å². The Morgan fingerprint density at radius 2 is 2.23 bits per heavy atom. The molecule has 4 heteroatoms. The first kappa shape index (κ1) is 7.79. The highest BCUT2D eigenvalue weighted by molar-refractivity contribution is 5.72. The van der Waals surface area contributed by atoms with Crippen LogP contribution in [-0.4, -0.2) is 15.0 Å². The summed E-state index contributed by atoms with van der Waals surface area (Å²) in [4.78, 5) is 11.1. The van der Waals surface area contributed by atoms with Crippen molar-refractivity contribution in [3.8, 4) is 11.3 Å². The number of anilines is 1. The summed E-state index contributed by atoms with van der Waals surface area (Å²) in [5.41, 5.74) is 9.06. The summed E-state index contributed by atoms with van der Waals surface area (Å²) in [5.74, 6) is 0. The van der Waals surface area contributed by atoms with Gasteiger partial charge < -0.3 is 10.7 Å². The minimum Gasteiger partial charge on any atom is -0.395 e. The molecule has 66 valence electrons.